The maximum Gasteiger partial charge on any atom is 0.573 e. The molecule has 6 atom stereocenters. The fourth-order valence-corrected chi connectivity index (χ4v) is 19.6. The van der Waals surface area contributed by atoms with Gasteiger partial charge in [0.2, 0.25) is 17.7 Å². The lowest BCUT2D eigenvalue weighted by Crippen LogP contribution is -2.60. The Morgan fingerprint density at radius 3 is 0.692 bits per heavy atom. The molecule has 0 aromatic heterocycles. The highest BCUT2D eigenvalue weighted by atomic mass is 19.4. The van der Waals surface area contributed by atoms with Crippen molar-refractivity contribution in [2.45, 2.75) is 242 Å². The van der Waals surface area contributed by atoms with Crippen LogP contribution in [0.4, 0.5) is 53.9 Å². The van der Waals surface area contributed by atoms with Gasteiger partial charge in [0.25, 0.3) is 0 Å². The number of piperidine rings is 3. The molecule has 6 heterocycles. The number of likely N-dealkylation sites (tertiary alicyclic amines) is 3. The first-order chi connectivity index (χ1) is 60.4. The minimum atomic E-state index is -4.76. The normalized spacial score (nSPS) is 19.7. The monoisotopic (exact) mass is 1820 g/mol. The molecule has 0 spiro atoms. The average molecular weight is 1820 g/mol. The summed E-state index contributed by atoms with van der Waals surface area (Å²) in [7, 11) is 0. The molecule has 6 N–H and O–H groups in total. The molecule has 12 rings (SSSR count). The Hall–Kier alpha value is -9.81. The van der Waals surface area contributed by atoms with Crippen molar-refractivity contribution >= 4 is 35.8 Å². The fraction of sp³-hybridized carbons (Fsp3) is 0.580. The van der Waals surface area contributed by atoms with E-state index in [1.807, 2.05) is 51.1 Å². The largest absolute Gasteiger partial charge is 0.573 e. The van der Waals surface area contributed by atoms with Gasteiger partial charge in [-0.2, -0.15) is 0 Å². The molecule has 6 aliphatic heterocycles. The third-order valence-electron chi connectivity index (χ3n) is 26.5. The van der Waals surface area contributed by atoms with Crippen molar-refractivity contribution in [2.75, 3.05) is 98.2 Å². The minimum Gasteiger partial charge on any atom is -0.406 e. The van der Waals surface area contributed by atoms with Gasteiger partial charge in [-0.05, 0) is 177 Å². The number of carbonyl (C=O) groups excluding carboxylic acids is 6. The van der Waals surface area contributed by atoms with Crippen LogP contribution in [0.5, 0.6) is 17.2 Å². The number of benzene rings is 6. The molecule has 130 heavy (non-hydrogen) atoms. The number of halogens is 9. The van der Waals surface area contributed by atoms with Crippen molar-refractivity contribution in [2.24, 2.45) is 51.2 Å². The molecule has 3 unspecified atom stereocenters. The van der Waals surface area contributed by atoms with Crippen molar-refractivity contribution < 1.29 is 82.5 Å². The molecule has 0 bridgehead atoms. The lowest BCUT2D eigenvalue weighted by molar-refractivity contribution is -0.275. The highest BCUT2D eigenvalue weighted by Gasteiger charge is 2.47. The second kappa shape index (κ2) is 44.2. The van der Waals surface area contributed by atoms with E-state index >= 15 is 0 Å². The number of alkyl halides is 9. The smallest absolute Gasteiger partial charge is 0.406 e. The summed E-state index contributed by atoms with van der Waals surface area (Å²) in [5.41, 5.74) is 25.1. The number of primary amides is 3. The van der Waals surface area contributed by atoms with Crippen LogP contribution in [0.1, 0.15) is 255 Å². The van der Waals surface area contributed by atoms with Crippen LogP contribution in [0, 0.1) is 34.0 Å². The Morgan fingerprint density at radius 2 is 0.515 bits per heavy atom. The molecular formula is C100H139F9N12O9. The molecule has 21 nitrogen and oxygen atoms in total. The van der Waals surface area contributed by atoms with E-state index in [2.05, 4.69) is 169 Å². The highest BCUT2D eigenvalue weighted by molar-refractivity contribution is 5.79. The van der Waals surface area contributed by atoms with Gasteiger partial charge in [0.05, 0.1) is 18.1 Å². The van der Waals surface area contributed by atoms with E-state index in [0.717, 1.165) is 71.9 Å². The number of hydrogen-bond acceptors (Lipinski definition) is 12. The van der Waals surface area contributed by atoms with Crippen LogP contribution >= 0.6 is 0 Å². The highest BCUT2D eigenvalue weighted by Crippen LogP contribution is 2.45. The number of rotatable bonds is 21. The standard InChI is InChI=1S/3C33H45F3N4O3.CH4/c3*1-22(2)26-8-6-7-9-27(26)30(24-10-12-25(13-11-24)43-33(34,35)36)39-18-19-40(28(21-39)32(3,4)5)29(41)20-23-14-16-38(17-15-23)31(37)42;/h3*6-13,22-23,28,30H,14-21H2,1-5H3,(H2,37,42);1H4/t3*28-,30?;/m111./s1. The van der Waals surface area contributed by atoms with Crippen molar-refractivity contribution in [3.8, 4) is 17.2 Å². The van der Waals surface area contributed by atoms with E-state index in [-0.39, 0.29) is 130 Å². The van der Waals surface area contributed by atoms with E-state index in [1.165, 1.54) is 53.1 Å². The van der Waals surface area contributed by atoms with Crippen molar-refractivity contribution in [1.82, 2.24) is 44.1 Å². The number of carbonyl (C=O) groups is 6. The van der Waals surface area contributed by atoms with Crippen LogP contribution < -0.4 is 31.4 Å². The molecule has 6 fully saturated rings. The molecule has 0 aliphatic carbocycles. The van der Waals surface area contributed by atoms with Gasteiger partial charge in [-0.25, -0.2) is 14.4 Å². The van der Waals surface area contributed by atoms with Crippen LogP contribution in [-0.2, 0) is 14.4 Å². The van der Waals surface area contributed by atoms with E-state index < -0.39 is 37.2 Å². The van der Waals surface area contributed by atoms with Gasteiger partial charge in [0.15, 0.2) is 0 Å². The van der Waals surface area contributed by atoms with Crippen LogP contribution in [0.25, 0.3) is 0 Å². The Kier molecular flexibility index (Phi) is 35.3. The zero-order chi connectivity index (χ0) is 94.6. The minimum absolute atomic E-state index is 0. The van der Waals surface area contributed by atoms with Crippen molar-refractivity contribution in [3.63, 3.8) is 0 Å². The second-order valence-corrected chi connectivity index (χ2v) is 39.7. The first kappa shape index (κ1) is 104. The van der Waals surface area contributed by atoms with E-state index in [1.54, 1.807) is 51.1 Å². The first-order valence-electron chi connectivity index (χ1n) is 45.5. The van der Waals surface area contributed by atoms with Crippen molar-refractivity contribution in [1.29, 1.82) is 0 Å². The molecule has 0 saturated carbocycles. The average Bonchev–Trinajstić information content (AvgIpc) is 0.776. The van der Waals surface area contributed by atoms with Gasteiger partial charge in [0, 0.05) is 136 Å². The molecule has 716 valence electrons. The summed E-state index contributed by atoms with van der Waals surface area (Å²) in [6.07, 6.45) is -8.37. The molecule has 6 aromatic carbocycles. The molecule has 30 heteroatoms. The van der Waals surface area contributed by atoms with Crippen LogP contribution in [0.2, 0.25) is 0 Å². The summed E-state index contributed by atoms with van der Waals surface area (Å²) in [5, 5.41) is 0. The molecule has 9 amide bonds. The number of nitrogens with zero attached hydrogens (tertiary/aromatic N) is 9. The summed E-state index contributed by atoms with van der Waals surface area (Å²) in [6.45, 7) is 41.0. The Morgan fingerprint density at radius 1 is 0.315 bits per heavy atom. The lowest BCUT2D eigenvalue weighted by Gasteiger charge is -2.50. The van der Waals surface area contributed by atoms with Gasteiger partial charge in [-0.15, -0.1) is 39.5 Å². The van der Waals surface area contributed by atoms with E-state index in [9.17, 15) is 68.3 Å². The number of urea groups is 3. The van der Waals surface area contributed by atoms with Gasteiger partial charge in [0.1, 0.15) is 17.2 Å². The number of ether oxygens (including phenoxy) is 3. The topological polar surface area (TPSA) is 237 Å². The SMILES string of the molecule is C.CC(C)c1ccccc1C(c1ccc(OC(F)(F)F)cc1)N1CCN(C(=O)CC2CCN(C(N)=O)CC2)[C@@H](C(C)(C)C)C1.CC(C)c1ccccc1C(c1ccc(OC(F)(F)F)cc1)N1CCN(C(=O)CC2CCN(C(N)=O)CC2)[C@@H](C(C)(C)C)C1.CC(C)c1ccccc1C(c1ccc(OC(F)(F)F)cc1)N1CCN(C(=O)CC2CCN(C(N)=O)CC2)[C@@H](C(C)(C)C)C1. The summed E-state index contributed by atoms with van der Waals surface area (Å²) in [6, 6.07) is 41.1. The van der Waals surface area contributed by atoms with E-state index in [0.29, 0.717) is 117 Å². The number of nitrogens with two attached hydrogens (primary N) is 3. The molecule has 6 saturated heterocycles. The third-order valence-corrected chi connectivity index (χ3v) is 26.5. The maximum atomic E-state index is 13.7. The number of hydrogen-bond donors (Lipinski definition) is 3. The van der Waals surface area contributed by atoms with Gasteiger partial charge < -0.3 is 60.8 Å². The predicted octanol–water partition coefficient (Wildman–Crippen LogP) is 20.2. The Balaban J connectivity index is 0.000000219. The Labute approximate surface area is 763 Å². The van der Waals surface area contributed by atoms with Gasteiger partial charge >= 0.3 is 37.2 Å². The number of piperazine rings is 3. The second-order valence-electron chi connectivity index (χ2n) is 39.7. The summed E-state index contributed by atoms with van der Waals surface area (Å²) < 4.78 is 128. The summed E-state index contributed by atoms with van der Waals surface area (Å²) >= 11 is 0. The summed E-state index contributed by atoms with van der Waals surface area (Å²) in [4.78, 5) is 93.9. The van der Waals surface area contributed by atoms with Gasteiger partial charge in [-0.3, -0.25) is 29.1 Å². The molecule has 6 aliphatic rings. The van der Waals surface area contributed by atoms with E-state index in [4.69, 9.17) is 17.2 Å². The maximum absolute atomic E-state index is 13.7. The predicted molar refractivity (Wildman–Crippen MR) is 488 cm³/mol. The molecular weight excluding hydrogens is 1680 g/mol. The fourth-order valence-electron chi connectivity index (χ4n) is 19.6. The third kappa shape index (κ3) is 28.4. The Bertz CT molecular complexity index is 4220. The number of amides is 9. The van der Waals surface area contributed by atoms with Gasteiger partial charge in [-0.1, -0.05) is 220 Å². The molecule has 0 radical (unpaired) electrons. The van der Waals surface area contributed by atoms with Crippen LogP contribution in [0.3, 0.4) is 0 Å². The molecule has 6 aromatic rings. The zero-order valence-electron chi connectivity index (χ0n) is 77.6. The summed E-state index contributed by atoms with van der Waals surface area (Å²) in [5.74, 6) is 1.00. The van der Waals surface area contributed by atoms with Crippen molar-refractivity contribution in [3.05, 3.63) is 196 Å². The quantitative estimate of drug-likeness (QED) is 0.0571. The van der Waals surface area contributed by atoms with Crippen LogP contribution in [0.15, 0.2) is 146 Å². The first-order valence-corrected chi connectivity index (χ1v) is 45.5. The zero-order valence-corrected chi connectivity index (χ0v) is 77.6. The lowest BCUT2D eigenvalue weighted by atomic mass is 9.81. The van der Waals surface area contributed by atoms with Crippen LogP contribution in [-0.4, -0.2) is 215 Å².